The van der Waals surface area contributed by atoms with Crippen LogP contribution in [0.2, 0.25) is 0 Å². The largest absolute Gasteiger partial charge is 0.303 e. The monoisotopic (exact) mass is 578 g/mol. The van der Waals surface area contributed by atoms with Gasteiger partial charge in [0.2, 0.25) is 0 Å². The normalized spacial score (nSPS) is 24.4. The number of piperidine rings is 1. The van der Waals surface area contributed by atoms with E-state index >= 15 is 0 Å². The predicted molar refractivity (Wildman–Crippen MR) is 186 cm³/mol. The van der Waals surface area contributed by atoms with Crippen LogP contribution in [-0.4, -0.2) is 72.6 Å². The molecule has 3 aliphatic rings. The summed E-state index contributed by atoms with van der Waals surface area (Å²) in [7, 11) is 0. The van der Waals surface area contributed by atoms with Gasteiger partial charge in [-0.15, -0.1) is 0 Å². The van der Waals surface area contributed by atoms with Gasteiger partial charge in [0.1, 0.15) is 0 Å². The molecule has 0 aromatic rings. The van der Waals surface area contributed by atoms with Crippen molar-refractivity contribution in [1.29, 1.82) is 0 Å². The number of nitrogens with zero attached hydrogens (tertiary/aromatic N) is 3. The second kappa shape index (κ2) is 16.3. The molecule has 3 heterocycles. The Kier molecular flexibility index (Phi) is 15.4. The lowest BCUT2D eigenvalue weighted by molar-refractivity contribution is 0.104. The SMILES string of the molecule is CC(C)(C)CN1CCCC1C(C)(C)C.CC(C)CN1CCC(C(C)(C)C)CC1.CC(C)CN1CCCC1C(C)(C)C. The zero-order valence-electron chi connectivity index (χ0n) is 31.4. The molecule has 0 saturated carbocycles. The van der Waals surface area contributed by atoms with Gasteiger partial charge in [-0.2, -0.15) is 0 Å². The summed E-state index contributed by atoms with van der Waals surface area (Å²) in [6.45, 7) is 46.7. The molecule has 2 unspecified atom stereocenters. The van der Waals surface area contributed by atoms with Crippen LogP contribution in [0, 0.1) is 39.4 Å². The Morgan fingerprint density at radius 3 is 1.29 bits per heavy atom. The lowest BCUT2D eigenvalue weighted by Crippen LogP contribution is -2.43. The molecule has 3 saturated heterocycles. The zero-order chi connectivity index (χ0) is 31.8. The Hall–Kier alpha value is -0.120. The third kappa shape index (κ3) is 15.4. The highest BCUT2D eigenvalue weighted by molar-refractivity contribution is 4.90. The zero-order valence-corrected chi connectivity index (χ0v) is 31.4. The predicted octanol–water partition coefficient (Wildman–Crippen LogP) is 10.1. The van der Waals surface area contributed by atoms with E-state index in [2.05, 4.69) is 125 Å². The van der Waals surface area contributed by atoms with Crippen molar-refractivity contribution in [2.45, 2.75) is 161 Å². The fraction of sp³-hybridized carbons (Fsp3) is 1.00. The van der Waals surface area contributed by atoms with E-state index in [9.17, 15) is 0 Å². The molecule has 0 radical (unpaired) electrons. The van der Waals surface area contributed by atoms with Gasteiger partial charge in [0, 0.05) is 31.7 Å². The molecule has 2 atom stereocenters. The molecule has 0 amide bonds. The Bertz CT molecular complexity index is 689. The van der Waals surface area contributed by atoms with E-state index in [1.54, 1.807) is 0 Å². The second-order valence-corrected chi connectivity index (χ2v) is 19.3. The smallest absolute Gasteiger partial charge is 0.0144 e. The van der Waals surface area contributed by atoms with Crippen LogP contribution in [0.15, 0.2) is 0 Å². The van der Waals surface area contributed by atoms with Gasteiger partial charge in [0.05, 0.1) is 0 Å². The lowest BCUT2D eigenvalue weighted by atomic mass is 9.75. The standard InChI is InChI=1S/2C13H27N.C12H25N/c1-12(2,3)10-14-9-7-8-11(14)13(4,5)6;1-11(2)10-14-8-6-12(7-9-14)13(3,4)5;1-10(2)9-13-8-6-7-11(13)12(3,4)5/h11H,7-10H2,1-6H3;11-12H,6-10H2,1-5H3;10-11H,6-9H2,1-5H3. The summed E-state index contributed by atoms with van der Waals surface area (Å²) in [5, 5.41) is 0. The Morgan fingerprint density at radius 2 is 0.927 bits per heavy atom. The summed E-state index contributed by atoms with van der Waals surface area (Å²) in [4.78, 5) is 8.01. The fourth-order valence-electron chi connectivity index (χ4n) is 7.60. The molecule has 246 valence electrons. The minimum Gasteiger partial charge on any atom is -0.303 e. The van der Waals surface area contributed by atoms with Gasteiger partial charge in [-0.05, 0) is 104 Å². The number of rotatable bonds is 5. The van der Waals surface area contributed by atoms with E-state index in [1.165, 1.54) is 84.3 Å². The first-order valence-electron chi connectivity index (χ1n) is 17.7. The van der Waals surface area contributed by atoms with Crippen molar-refractivity contribution < 1.29 is 0 Å². The average Bonchev–Trinajstić information content (AvgIpc) is 3.41. The maximum absolute atomic E-state index is 2.69. The molecule has 0 aromatic heterocycles. The van der Waals surface area contributed by atoms with E-state index in [4.69, 9.17) is 0 Å². The molecule has 41 heavy (non-hydrogen) atoms. The van der Waals surface area contributed by atoms with E-state index in [1.807, 2.05) is 0 Å². The van der Waals surface area contributed by atoms with Crippen LogP contribution in [0.5, 0.6) is 0 Å². The number of likely N-dealkylation sites (tertiary alicyclic amines) is 3. The number of hydrogen-bond acceptors (Lipinski definition) is 3. The van der Waals surface area contributed by atoms with Crippen LogP contribution in [0.4, 0.5) is 0 Å². The van der Waals surface area contributed by atoms with Crippen molar-refractivity contribution in [3.8, 4) is 0 Å². The summed E-state index contributed by atoms with van der Waals surface area (Å²) in [5.41, 5.74) is 1.87. The molecule has 3 nitrogen and oxygen atoms in total. The van der Waals surface area contributed by atoms with Crippen molar-refractivity contribution in [3.05, 3.63) is 0 Å². The summed E-state index contributed by atoms with van der Waals surface area (Å²) in [6, 6.07) is 1.61. The molecule has 3 heteroatoms. The summed E-state index contributed by atoms with van der Waals surface area (Å²) >= 11 is 0. The molecule has 3 rings (SSSR count). The molecule has 0 aromatic carbocycles. The third-order valence-electron chi connectivity index (χ3n) is 9.44. The van der Waals surface area contributed by atoms with Gasteiger partial charge in [-0.3, -0.25) is 9.80 Å². The lowest BCUT2D eigenvalue weighted by Gasteiger charge is -2.39. The summed E-state index contributed by atoms with van der Waals surface area (Å²) in [6.07, 6.45) is 8.37. The average molecular weight is 578 g/mol. The van der Waals surface area contributed by atoms with E-state index in [0.717, 1.165) is 29.8 Å². The first-order valence-corrected chi connectivity index (χ1v) is 17.7. The summed E-state index contributed by atoms with van der Waals surface area (Å²) in [5.74, 6) is 2.56. The summed E-state index contributed by atoms with van der Waals surface area (Å²) < 4.78 is 0. The third-order valence-corrected chi connectivity index (χ3v) is 9.44. The quantitative estimate of drug-likeness (QED) is 0.322. The fourth-order valence-corrected chi connectivity index (χ4v) is 7.60. The van der Waals surface area contributed by atoms with Gasteiger partial charge >= 0.3 is 0 Å². The Morgan fingerprint density at radius 1 is 0.512 bits per heavy atom. The van der Waals surface area contributed by atoms with Gasteiger partial charge in [0.25, 0.3) is 0 Å². The highest BCUT2D eigenvalue weighted by Gasteiger charge is 2.36. The minimum atomic E-state index is 0.438. The highest BCUT2D eigenvalue weighted by atomic mass is 15.2. The molecule has 3 aliphatic heterocycles. The topological polar surface area (TPSA) is 9.72 Å². The Labute approximate surface area is 261 Å². The molecule has 0 N–H and O–H groups in total. The Balaban J connectivity index is 0.000000308. The van der Waals surface area contributed by atoms with Gasteiger partial charge in [0.15, 0.2) is 0 Å². The van der Waals surface area contributed by atoms with Crippen molar-refractivity contribution in [3.63, 3.8) is 0 Å². The first-order chi connectivity index (χ1) is 18.5. The van der Waals surface area contributed by atoms with Crippen LogP contribution in [0.25, 0.3) is 0 Å². The first kappa shape index (κ1) is 38.9. The van der Waals surface area contributed by atoms with Gasteiger partial charge < -0.3 is 4.90 Å². The second-order valence-electron chi connectivity index (χ2n) is 19.3. The van der Waals surface area contributed by atoms with Crippen LogP contribution >= 0.6 is 0 Å². The maximum Gasteiger partial charge on any atom is 0.0144 e. The van der Waals surface area contributed by atoms with Crippen molar-refractivity contribution in [2.75, 3.05) is 45.8 Å². The van der Waals surface area contributed by atoms with E-state index in [0.29, 0.717) is 21.7 Å². The minimum absolute atomic E-state index is 0.438. The molecule has 3 fully saturated rings. The van der Waals surface area contributed by atoms with E-state index in [-0.39, 0.29) is 0 Å². The maximum atomic E-state index is 2.69. The van der Waals surface area contributed by atoms with Crippen LogP contribution < -0.4 is 0 Å². The van der Waals surface area contributed by atoms with Crippen molar-refractivity contribution >= 4 is 0 Å². The van der Waals surface area contributed by atoms with Crippen molar-refractivity contribution in [1.82, 2.24) is 14.7 Å². The van der Waals surface area contributed by atoms with Crippen molar-refractivity contribution in [2.24, 2.45) is 39.4 Å². The van der Waals surface area contributed by atoms with Crippen LogP contribution in [0.1, 0.15) is 149 Å². The highest BCUT2D eigenvalue weighted by Crippen LogP contribution is 2.36. The van der Waals surface area contributed by atoms with E-state index < -0.39 is 0 Å². The molecule has 0 aliphatic carbocycles. The van der Waals surface area contributed by atoms with Crippen LogP contribution in [0.3, 0.4) is 0 Å². The molecule has 0 bridgehead atoms. The molecule has 0 spiro atoms. The van der Waals surface area contributed by atoms with Crippen LogP contribution in [-0.2, 0) is 0 Å². The molecular formula is C38H79N3. The number of hydrogen-bond donors (Lipinski definition) is 0. The van der Waals surface area contributed by atoms with Gasteiger partial charge in [-0.1, -0.05) is 111 Å². The van der Waals surface area contributed by atoms with Gasteiger partial charge in [-0.25, -0.2) is 0 Å². The molecular weight excluding hydrogens is 498 g/mol.